The van der Waals surface area contributed by atoms with E-state index >= 15 is 0 Å². The Balaban J connectivity index is 2.05. The molecule has 2 atom stereocenters. The minimum Gasteiger partial charge on any atom is -0.481 e. The second kappa shape index (κ2) is 5.90. The van der Waals surface area contributed by atoms with Crippen molar-refractivity contribution in [1.82, 2.24) is 14.7 Å². The van der Waals surface area contributed by atoms with Crippen LogP contribution in [0, 0.1) is 11.8 Å². The zero-order valence-electron chi connectivity index (χ0n) is 11.7. The van der Waals surface area contributed by atoms with Gasteiger partial charge in [0.25, 0.3) is 0 Å². The van der Waals surface area contributed by atoms with Gasteiger partial charge in [-0.25, -0.2) is 0 Å². The van der Waals surface area contributed by atoms with E-state index in [1.807, 2.05) is 25.4 Å². The second-order valence-corrected chi connectivity index (χ2v) is 5.21. The van der Waals surface area contributed by atoms with Crippen LogP contribution in [0.1, 0.15) is 18.4 Å². The van der Waals surface area contributed by atoms with Crippen molar-refractivity contribution >= 4 is 11.9 Å². The van der Waals surface area contributed by atoms with E-state index in [1.54, 1.807) is 22.8 Å². The van der Waals surface area contributed by atoms with Crippen molar-refractivity contribution in [2.75, 3.05) is 7.05 Å². The van der Waals surface area contributed by atoms with Crippen LogP contribution in [0.25, 0.3) is 0 Å². The number of aromatic nitrogens is 2. The standard InChI is InChI=1S/C14H19N3O3/c1-16(8-10-7-15-17(2)9-10)13(18)11-5-3-4-6-12(11)14(19)20/h3-4,7,9,11-12H,5-6,8H2,1-2H3,(H,19,20)/t11-,12+/m0/s1. The van der Waals surface area contributed by atoms with Gasteiger partial charge in [-0.2, -0.15) is 5.10 Å². The molecule has 0 fully saturated rings. The molecule has 1 aromatic rings. The Morgan fingerprint density at radius 3 is 2.60 bits per heavy atom. The van der Waals surface area contributed by atoms with Crippen LogP contribution in [0.2, 0.25) is 0 Å². The zero-order chi connectivity index (χ0) is 14.7. The molecule has 20 heavy (non-hydrogen) atoms. The maximum absolute atomic E-state index is 12.4. The van der Waals surface area contributed by atoms with Gasteiger partial charge in [0.1, 0.15) is 0 Å². The van der Waals surface area contributed by atoms with E-state index < -0.39 is 17.8 Å². The Labute approximate surface area is 117 Å². The first-order valence-electron chi connectivity index (χ1n) is 6.59. The second-order valence-electron chi connectivity index (χ2n) is 5.21. The number of amides is 1. The predicted molar refractivity (Wildman–Crippen MR) is 72.7 cm³/mol. The first-order chi connectivity index (χ1) is 9.49. The summed E-state index contributed by atoms with van der Waals surface area (Å²) in [5.41, 5.74) is 0.932. The van der Waals surface area contributed by atoms with Crippen LogP contribution in [0.3, 0.4) is 0 Å². The van der Waals surface area contributed by atoms with Gasteiger partial charge < -0.3 is 10.0 Å². The van der Waals surface area contributed by atoms with Gasteiger partial charge >= 0.3 is 5.97 Å². The highest BCUT2D eigenvalue weighted by molar-refractivity contribution is 5.85. The third-order valence-corrected chi connectivity index (χ3v) is 3.62. The molecule has 1 aliphatic rings. The van der Waals surface area contributed by atoms with Gasteiger partial charge in [0.2, 0.25) is 5.91 Å². The molecule has 108 valence electrons. The van der Waals surface area contributed by atoms with Crippen molar-refractivity contribution in [1.29, 1.82) is 0 Å². The summed E-state index contributed by atoms with van der Waals surface area (Å²) in [6.45, 7) is 0.444. The molecule has 6 nitrogen and oxygen atoms in total. The minimum absolute atomic E-state index is 0.120. The number of allylic oxidation sites excluding steroid dienone is 2. The molecular weight excluding hydrogens is 258 g/mol. The molecule has 0 bridgehead atoms. The molecule has 1 aliphatic carbocycles. The summed E-state index contributed by atoms with van der Waals surface area (Å²) in [6.07, 6.45) is 8.20. The maximum Gasteiger partial charge on any atom is 0.307 e. The summed E-state index contributed by atoms with van der Waals surface area (Å²) < 4.78 is 1.68. The SMILES string of the molecule is CN(Cc1cnn(C)c1)C(=O)[C@H]1CC=CC[C@H]1C(=O)O. The highest BCUT2D eigenvalue weighted by Crippen LogP contribution is 2.27. The molecule has 0 aromatic carbocycles. The van der Waals surface area contributed by atoms with Crippen LogP contribution in [0.15, 0.2) is 24.5 Å². The Bertz CT molecular complexity index is 536. The summed E-state index contributed by atoms with van der Waals surface area (Å²) in [5.74, 6) is -2.11. The van der Waals surface area contributed by atoms with Crippen LogP contribution in [-0.2, 0) is 23.2 Å². The van der Waals surface area contributed by atoms with E-state index in [2.05, 4.69) is 5.10 Å². The first-order valence-corrected chi connectivity index (χ1v) is 6.59. The Morgan fingerprint density at radius 2 is 2.05 bits per heavy atom. The highest BCUT2D eigenvalue weighted by Gasteiger charge is 2.35. The predicted octanol–water partition coefficient (Wildman–Crippen LogP) is 1.05. The van der Waals surface area contributed by atoms with Crippen LogP contribution in [-0.4, -0.2) is 38.7 Å². The number of hydrogen-bond acceptors (Lipinski definition) is 3. The first kappa shape index (κ1) is 14.3. The minimum atomic E-state index is -0.900. The number of rotatable bonds is 4. The monoisotopic (exact) mass is 277 g/mol. The normalized spacial score (nSPS) is 21.7. The van der Waals surface area contributed by atoms with Crippen molar-refractivity contribution in [3.05, 3.63) is 30.1 Å². The quantitative estimate of drug-likeness (QED) is 0.835. The van der Waals surface area contributed by atoms with Gasteiger partial charge in [-0.3, -0.25) is 14.3 Å². The van der Waals surface area contributed by atoms with Crippen LogP contribution >= 0.6 is 0 Å². The van der Waals surface area contributed by atoms with Crippen LogP contribution in [0.4, 0.5) is 0 Å². The third kappa shape index (κ3) is 3.07. The van der Waals surface area contributed by atoms with Gasteiger partial charge in [-0.15, -0.1) is 0 Å². The molecule has 0 radical (unpaired) electrons. The Morgan fingerprint density at radius 1 is 1.40 bits per heavy atom. The number of carboxylic acid groups (broad SMARTS) is 1. The number of aryl methyl sites for hydroxylation is 1. The Kier molecular flexibility index (Phi) is 4.22. The molecule has 0 saturated heterocycles. The van der Waals surface area contributed by atoms with E-state index in [-0.39, 0.29) is 5.91 Å². The fraction of sp³-hybridized carbons (Fsp3) is 0.500. The van der Waals surface area contributed by atoms with E-state index in [4.69, 9.17) is 0 Å². The van der Waals surface area contributed by atoms with Crippen molar-refractivity contribution < 1.29 is 14.7 Å². The van der Waals surface area contributed by atoms with Crippen molar-refractivity contribution in [2.24, 2.45) is 18.9 Å². The molecule has 0 aliphatic heterocycles. The molecule has 0 unspecified atom stereocenters. The third-order valence-electron chi connectivity index (χ3n) is 3.62. The molecule has 0 saturated carbocycles. The van der Waals surface area contributed by atoms with Crippen molar-refractivity contribution in [3.8, 4) is 0 Å². The van der Waals surface area contributed by atoms with Crippen molar-refractivity contribution in [3.63, 3.8) is 0 Å². The summed E-state index contributed by atoms with van der Waals surface area (Å²) in [5, 5.41) is 13.3. The number of nitrogens with zero attached hydrogens (tertiary/aromatic N) is 3. The van der Waals surface area contributed by atoms with Crippen molar-refractivity contribution in [2.45, 2.75) is 19.4 Å². The molecule has 1 amide bonds. The van der Waals surface area contributed by atoms with Crippen LogP contribution in [0.5, 0.6) is 0 Å². The largest absolute Gasteiger partial charge is 0.481 e. The lowest BCUT2D eigenvalue weighted by atomic mass is 9.82. The lowest BCUT2D eigenvalue weighted by Crippen LogP contribution is -2.39. The molecular formula is C14H19N3O3. The smallest absolute Gasteiger partial charge is 0.307 e. The summed E-state index contributed by atoms with van der Waals surface area (Å²) in [6, 6.07) is 0. The average molecular weight is 277 g/mol. The number of aliphatic carboxylic acids is 1. The molecule has 1 N–H and O–H groups in total. The summed E-state index contributed by atoms with van der Waals surface area (Å²) in [4.78, 5) is 25.2. The summed E-state index contributed by atoms with van der Waals surface area (Å²) in [7, 11) is 3.52. The molecule has 0 spiro atoms. The average Bonchev–Trinajstić information content (AvgIpc) is 2.83. The van der Waals surface area contributed by atoms with Gasteiger partial charge in [0.15, 0.2) is 0 Å². The fourth-order valence-electron chi connectivity index (χ4n) is 2.55. The zero-order valence-corrected chi connectivity index (χ0v) is 11.7. The molecule has 1 heterocycles. The van der Waals surface area contributed by atoms with E-state index in [9.17, 15) is 14.7 Å². The van der Waals surface area contributed by atoms with E-state index in [1.165, 1.54) is 0 Å². The number of carboxylic acids is 1. The lowest BCUT2D eigenvalue weighted by molar-refractivity contribution is -0.150. The number of hydrogen-bond donors (Lipinski definition) is 1. The van der Waals surface area contributed by atoms with Gasteiger partial charge in [0.05, 0.1) is 18.0 Å². The highest BCUT2D eigenvalue weighted by atomic mass is 16.4. The van der Waals surface area contributed by atoms with Crippen LogP contribution < -0.4 is 0 Å². The van der Waals surface area contributed by atoms with E-state index in [0.29, 0.717) is 19.4 Å². The fourth-order valence-corrected chi connectivity index (χ4v) is 2.55. The van der Waals surface area contributed by atoms with Gasteiger partial charge in [-0.1, -0.05) is 12.2 Å². The Hall–Kier alpha value is -2.11. The van der Waals surface area contributed by atoms with Gasteiger partial charge in [-0.05, 0) is 12.8 Å². The molecule has 6 heteroatoms. The maximum atomic E-state index is 12.4. The lowest BCUT2D eigenvalue weighted by Gasteiger charge is -2.28. The molecule has 2 rings (SSSR count). The number of carbonyl (C=O) groups is 2. The van der Waals surface area contributed by atoms with Gasteiger partial charge in [0, 0.05) is 32.4 Å². The number of carbonyl (C=O) groups excluding carboxylic acids is 1. The molecule has 1 aromatic heterocycles. The topological polar surface area (TPSA) is 75.4 Å². The summed E-state index contributed by atoms with van der Waals surface area (Å²) >= 11 is 0. The van der Waals surface area contributed by atoms with E-state index in [0.717, 1.165) is 5.56 Å².